The number of hydrogen-bond donors (Lipinski definition) is 1. The SMILES string of the molecule is CCC(CC)Oc1cccc(N(Cc2cn[nH]c2-c2cccs2)S(=O)(=O)CC(F)(F)F)c1. The highest BCUT2D eigenvalue weighted by Crippen LogP contribution is 2.32. The van der Waals surface area contributed by atoms with Gasteiger partial charge in [0.2, 0.25) is 10.0 Å². The van der Waals surface area contributed by atoms with Gasteiger partial charge in [-0.2, -0.15) is 18.3 Å². The van der Waals surface area contributed by atoms with Gasteiger partial charge in [0.15, 0.2) is 5.75 Å². The average molecular weight is 488 g/mol. The van der Waals surface area contributed by atoms with E-state index in [9.17, 15) is 21.6 Å². The van der Waals surface area contributed by atoms with E-state index < -0.39 is 22.0 Å². The number of H-pyrrole nitrogens is 1. The Hall–Kier alpha value is -2.53. The fraction of sp³-hybridized carbons (Fsp3) is 0.381. The van der Waals surface area contributed by atoms with Gasteiger partial charge in [0.25, 0.3) is 0 Å². The summed E-state index contributed by atoms with van der Waals surface area (Å²) in [5.74, 6) is -1.57. The van der Waals surface area contributed by atoms with Crippen molar-refractivity contribution in [2.24, 2.45) is 0 Å². The highest BCUT2D eigenvalue weighted by atomic mass is 32.2. The number of ether oxygens (including phenoxy) is 1. The number of benzene rings is 1. The van der Waals surface area contributed by atoms with Crippen molar-refractivity contribution in [2.45, 2.75) is 45.5 Å². The van der Waals surface area contributed by atoms with Gasteiger partial charge in [0.1, 0.15) is 5.75 Å². The van der Waals surface area contributed by atoms with Crippen molar-refractivity contribution in [1.82, 2.24) is 10.2 Å². The molecule has 32 heavy (non-hydrogen) atoms. The van der Waals surface area contributed by atoms with Crippen molar-refractivity contribution in [3.63, 3.8) is 0 Å². The topological polar surface area (TPSA) is 75.3 Å². The second-order valence-electron chi connectivity index (χ2n) is 7.18. The van der Waals surface area contributed by atoms with Crippen LogP contribution in [0.1, 0.15) is 32.3 Å². The molecule has 2 heterocycles. The van der Waals surface area contributed by atoms with Crippen molar-refractivity contribution in [1.29, 1.82) is 0 Å². The van der Waals surface area contributed by atoms with Crippen LogP contribution >= 0.6 is 11.3 Å². The molecule has 0 fully saturated rings. The molecule has 6 nitrogen and oxygen atoms in total. The molecule has 0 radical (unpaired) electrons. The zero-order chi connectivity index (χ0) is 23.4. The smallest absolute Gasteiger partial charge is 0.404 e. The molecule has 1 N–H and O–H groups in total. The van der Waals surface area contributed by atoms with Crippen LogP contribution in [0.3, 0.4) is 0 Å². The molecule has 3 aromatic rings. The van der Waals surface area contributed by atoms with Crippen LogP contribution in [-0.4, -0.2) is 36.6 Å². The number of rotatable bonds is 10. The van der Waals surface area contributed by atoms with E-state index in [4.69, 9.17) is 4.74 Å². The van der Waals surface area contributed by atoms with Crippen LogP contribution in [0.5, 0.6) is 5.75 Å². The fourth-order valence-electron chi connectivity index (χ4n) is 3.21. The first-order chi connectivity index (χ1) is 15.1. The van der Waals surface area contributed by atoms with Gasteiger partial charge in [-0.05, 0) is 36.4 Å². The lowest BCUT2D eigenvalue weighted by Gasteiger charge is -2.26. The first-order valence-electron chi connectivity index (χ1n) is 10.0. The molecule has 0 atom stereocenters. The number of nitrogens with one attached hydrogen (secondary N) is 1. The maximum Gasteiger partial charge on any atom is 0.404 e. The molecule has 0 aliphatic carbocycles. The molecule has 0 saturated heterocycles. The summed E-state index contributed by atoms with van der Waals surface area (Å²) in [4.78, 5) is 0.802. The van der Waals surface area contributed by atoms with Crippen LogP contribution in [0.4, 0.5) is 18.9 Å². The maximum absolute atomic E-state index is 13.1. The van der Waals surface area contributed by atoms with Gasteiger partial charge in [0.05, 0.1) is 35.1 Å². The van der Waals surface area contributed by atoms with Gasteiger partial charge < -0.3 is 4.74 Å². The molecule has 3 rings (SSSR count). The summed E-state index contributed by atoms with van der Waals surface area (Å²) in [5.41, 5.74) is 1.12. The standard InChI is InChI=1S/C21H24F3N3O3S2/c1-3-17(4-2)30-18-8-5-7-16(11-18)27(32(28,29)14-21(22,23)24)13-15-12-25-26-20(15)19-9-6-10-31-19/h5-12,17H,3-4,13-14H2,1-2H3,(H,25,26). The molecule has 11 heteroatoms. The third kappa shape index (κ3) is 6.04. The van der Waals surface area contributed by atoms with E-state index in [0.717, 1.165) is 22.0 Å². The molecule has 0 unspecified atom stereocenters. The summed E-state index contributed by atoms with van der Waals surface area (Å²) in [6.45, 7) is 3.61. The number of aromatic nitrogens is 2. The van der Waals surface area contributed by atoms with Crippen LogP contribution in [0, 0.1) is 0 Å². The average Bonchev–Trinajstić information content (AvgIpc) is 3.39. The normalized spacial score (nSPS) is 12.3. The number of anilines is 1. The third-order valence-corrected chi connectivity index (χ3v) is 7.39. The van der Waals surface area contributed by atoms with Crippen molar-refractivity contribution < 1.29 is 26.3 Å². The zero-order valence-electron chi connectivity index (χ0n) is 17.6. The van der Waals surface area contributed by atoms with Crippen LogP contribution in [-0.2, 0) is 16.6 Å². The minimum atomic E-state index is -4.88. The predicted octanol–water partition coefficient (Wildman–Crippen LogP) is 5.60. The molecule has 0 aliphatic rings. The van der Waals surface area contributed by atoms with E-state index in [0.29, 0.717) is 17.0 Å². The van der Waals surface area contributed by atoms with E-state index >= 15 is 0 Å². The van der Waals surface area contributed by atoms with Crippen molar-refractivity contribution in [3.05, 3.63) is 53.5 Å². The van der Waals surface area contributed by atoms with E-state index in [-0.39, 0.29) is 18.3 Å². The number of sulfonamides is 1. The first kappa shape index (κ1) is 24.1. The molecule has 174 valence electrons. The summed E-state index contributed by atoms with van der Waals surface area (Å²) in [6, 6.07) is 9.78. The lowest BCUT2D eigenvalue weighted by molar-refractivity contribution is -0.106. The number of nitrogens with zero attached hydrogens (tertiary/aromatic N) is 2. The second kappa shape index (κ2) is 9.95. The van der Waals surface area contributed by atoms with Gasteiger partial charge in [-0.1, -0.05) is 26.0 Å². The summed E-state index contributed by atoms with van der Waals surface area (Å²) in [7, 11) is -4.74. The Bertz CT molecular complexity index is 1110. The maximum atomic E-state index is 13.1. The Morgan fingerprint density at radius 2 is 1.94 bits per heavy atom. The third-order valence-electron chi connectivity index (χ3n) is 4.80. The molecular formula is C21H24F3N3O3S2. The van der Waals surface area contributed by atoms with E-state index in [2.05, 4.69) is 10.2 Å². The van der Waals surface area contributed by atoms with E-state index in [1.807, 2.05) is 31.4 Å². The summed E-state index contributed by atoms with van der Waals surface area (Å²) >= 11 is 1.41. The van der Waals surface area contributed by atoms with Gasteiger partial charge in [-0.3, -0.25) is 9.40 Å². The Balaban J connectivity index is 2.01. The monoisotopic (exact) mass is 487 g/mol. The molecule has 0 aliphatic heterocycles. The Labute approximate surface area is 189 Å². The van der Waals surface area contributed by atoms with Gasteiger partial charge >= 0.3 is 6.18 Å². The number of alkyl halides is 3. The van der Waals surface area contributed by atoms with Crippen molar-refractivity contribution in [2.75, 3.05) is 10.1 Å². The van der Waals surface area contributed by atoms with Gasteiger partial charge in [0, 0.05) is 11.6 Å². The zero-order valence-corrected chi connectivity index (χ0v) is 19.2. The van der Waals surface area contributed by atoms with Crippen LogP contribution in [0.15, 0.2) is 48.0 Å². The van der Waals surface area contributed by atoms with Gasteiger partial charge in [-0.15, -0.1) is 11.3 Å². The second-order valence-corrected chi connectivity index (χ2v) is 10.0. The highest BCUT2D eigenvalue weighted by molar-refractivity contribution is 7.92. The largest absolute Gasteiger partial charge is 0.490 e. The summed E-state index contributed by atoms with van der Waals surface area (Å²) in [5, 5.41) is 8.63. The minimum Gasteiger partial charge on any atom is -0.490 e. The number of halogens is 3. The Morgan fingerprint density at radius 3 is 2.56 bits per heavy atom. The fourth-order valence-corrected chi connectivity index (χ4v) is 5.31. The molecular weight excluding hydrogens is 463 g/mol. The number of hydrogen-bond acceptors (Lipinski definition) is 5. The van der Waals surface area contributed by atoms with Crippen LogP contribution in [0.25, 0.3) is 10.6 Å². The molecule has 0 saturated carbocycles. The number of aromatic amines is 1. The molecule has 0 bridgehead atoms. The molecule has 2 aromatic heterocycles. The number of thiophene rings is 1. The first-order valence-corrected chi connectivity index (χ1v) is 12.5. The van der Waals surface area contributed by atoms with Crippen molar-refractivity contribution in [3.8, 4) is 16.3 Å². The van der Waals surface area contributed by atoms with Crippen molar-refractivity contribution >= 4 is 27.0 Å². The predicted molar refractivity (Wildman–Crippen MR) is 119 cm³/mol. The summed E-state index contributed by atoms with van der Waals surface area (Å²) < 4.78 is 71.7. The lowest BCUT2D eigenvalue weighted by Crippen LogP contribution is -2.37. The lowest BCUT2D eigenvalue weighted by atomic mass is 10.2. The highest BCUT2D eigenvalue weighted by Gasteiger charge is 2.39. The Morgan fingerprint density at radius 1 is 1.19 bits per heavy atom. The Kier molecular flexibility index (Phi) is 7.50. The van der Waals surface area contributed by atoms with Crippen LogP contribution in [0.2, 0.25) is 0 Å². The molecule has 1 aromatic carbocycles. The van der Waals surface area contributed by atoms with Crippen LogP contribution < -0.4 is 9.04 Å². The van der Waals surface area contributed by atoms with E-state index in [1.54, 1.807) is 12.1 Å². The molecule has 0 amide bonds. The summed E-state index contributed by atoms with van der Waals surface area (Å²) in [6.07, 6.45) is -2.04. The quantitative estimate of drug-likeness (QED) is 0.404. The molecule has 0 spiro atoms. The van der Waals surface area contributed by atoms with E-state index in [1.165, 1.54) is 29.7 Å². The van der Waals surface area contributed by atoms with Gasteiger partial charge in [-0.25, -0.2) is 8.42 Å². The minimum absolute atomic E-state index is 0.0789.